The molecule has 10 rings (SSSR count). The number of hydrogen-bond acceptors (Lipinski definition) is 3. The van der Waals surface area contributed by atoms with Crippen LogP contribution in [0.4, 0.5) is 0 Å². The lowest BCUT2D eigenvalue weighted by Gasteiger charge is -2.23. The minimum Gasteiger partial charge on any atom is -0.212 e. The van der Waals surface area contributed by atoms with Crippen molar-refractivity contribution in [2.45, 2.75) is 12.3 Å². The predicted octanol–water partition coefficient (Wildman–Crippen LogP) is 12.5. The van der Waals surface area contributed by atoms with Crippen molar-refractivity contribution in [3.05, 3.63) is 193 Å². The number of hydrogen-bond donors (Lipinski definition) is 0. The van der Waals surface area contributed by atoms with Crippen LogP contribution in [0.2, 0.25) is 0 Å². The zero-order chi connectivity index (χ0) is 34.4. The summed E-state index contributed by atoms with van der Waals surface area (Å²) in [6, 6.07) is 60.5. The monoisotopic (exact) mass is 663 g/mol. The molecular formula is C49H33N3. The number of rotatable bonds is 5. The predicted molar refractivity (Wildman–Crippen MR) is 216 cm³/mol. The Morgan fingerprint density at radius 3 is 1.79 bits per heavy atom. The van der Waals surface area contributed by atoms with Gasteiger partial charge in [0.15, 0.2) is 11.6 Å². The minimum atomic E-state index is -0.0000531. The van der Waals surface area contributed by atoms with Crippen LogP contribution in [0.5, 0.6) is 0 Å². The van der Waals surface area contributed by atoms with Crippen LogP contribution in [0.25, 0.3) is 83.4 Å². The Kier molecular flexibility index (Phi) is 7.28. The zero-order valence-electron chi connectivity index (χ0n) is 28.4. The van der Waals surface area contributed by atoms with Gasteiger partial charge in [0, 0.05) is 17.0 Å². The van der Waals surface area contributed by atoms with Crippen molar-refractivity contribution in [2.24, 2.45) is 0 Å². The van der Waals surface area contributed by atoms with Gasteiger partial charge in [0.1, 0.15) is 5.82 Å². The molecule has 0 saturated carbocycles. The highest BCUT2D eigenvalue weighted by Crippen LogP contribution is 2.40. The van der Waals surface area contributed by atoms with E-state index in [0.717, 1.165) is 34.5 Å². The van der Waals surface area contributed by atoms with E-state index in [1.165, 1.54) is 54.6 Å². The third-order valence-corrected chi connectivity index (χ3v) is 10.4. The molecule has 1 aliphatic rings. The van der Waals surface area contributed by atoms with Crippen LogP contribution in [-0.4, -0.2) is 15.0 Å². The van der Waals surface area contributed by atoms with Crippen molar-refractivity contribution in [3.63, 3.8) is 0 Å². The quantitative estimate of drug-likeness (QED) is 0.184. The van der Waals surface area contributed by atoms with Crippen molar-refractivity contribution in [1.29, 1.82) is 0 Å². The molecule has 0 amide bonds. The van der Waals surface area contributed by atoms with Crippen LogP contribution in [0, 0.1) is 0 Å². The highest BCUT2D eigenvalue weighted by molar-refractivity contribution is 5.95. The third-order valence-electron chi connectivity index (χ3n) is 10.4. The summed E-state index contributed by atoms with van der Waals surface area (Å²) in [5.74, 6) is 2.16. The summed E-state index contributed by atoms with van der Waals surface area (Å²) < 4.78 is 0. The van der Waals surface area contributed by atoms with E-state index >= 15 is 0 Å². The molecule has 8 aromatic carbocycles. The molecule has 0 N–H and O–H groups in total. The van der Waals surface area contributed by atoms with Crippen molar-refractivity contribution in [1.82, 2.24) is 15.0 Å². The number of nitrogens with zero attached hydrogens (tertiary/aromatic N) is 3. The lowest BCUT2D eigenvalue weighted by molar-refractivity contribution is 0.746. The molecule has 3 heteroatoms. The minimum absolute atomic E-state index is 0.0000531. The first kappa shape index (κ1) is 30.1. The molecule has 0 fully saturated rings. The first-order chi connectivity index (χ1) is 25.7. The molecule has 0 bridgehead atoms. The van der Waals surface area contributed by atoms with Gasteiger partial charge in [-0.05, 0) is 90.3 Å². The van der Waals surface area contributed by atoms with Gasteiger partial charge in [0.25, 0.3) is 0 Å². The smallest absolute Gasteiger partial charge is 0.164 e. The fourth-order valence-corrected chi connectivity index (χ4v) is 7.81. The lowest BCUT2D eigenvalue weighted by atomic mass is 9.83. The van der Waals surface area contributed by atoms with Crippen molar-refractivity contribution in [2.75, 3.05) is 0 Å². The van der Waals surface area contributed by atoms with Crippen LogP contribution in [0.1, 0.15) is 29.3 Å². The van der Waals surface area contributed by atoms with Crippen molar-refractivity contribution < 1.29 is 0 Å². The number of aromatic nitrogens is 3. The fraction of sp³-hybridized carbons (Fsp3) is 0.0408. The van der Waals surface area contributed by atoms with E-state index in [4.69, 9.17) is 15.0 Å². The van der Waals surface area contributed by atoms with Crippen LogP contribution in [0.15, 0.2) is 176 Å². The first-order valence-electron chi connectivity index (χ1n) is 17.9. The number of fused-ring (bicyclic) bond motifs is 5. The molecule has 0 radical (unpaired) electrons. The zero-order valence-corrected chi connectivity index (χ0v) is 28.4. The van der Waals surface area contributed by atoms with Crippen LogP contribution < -0.4 is 0 Å². The molecule has 0 aliphatic heterocycles. The topological polar surface area (TPSA) is 38.7 Å². The van der Waals surface area contributed by atoms with Gasteiger partial charge in [-0.3, -0.25) is 0 Å². The maximum atomic E-state index is 5.32. The standard InChI is InChI=1S/C49H33N3/c1-2-13-35(14-3-1)47-50-48(52-49(51-47)45-20-10-16-34-23-22-33-12-6-7-18-43(33)46(34)45)44-19-9-8-17-42(44)41-28-27-39-30-38(25-26-40(39)31-41)37-24-21-32-11-4-5-15-36(32)29-37/h1-19,21-31,45H,20H2. The molecule has 52 heavy (non-hydrogen) atoms. The first-order valence-corrected chi connectivity index (χ1v) is 17.9. The summed E-state index contributed by atoms with van der Waals surface area (Å²) in [6.45, 7) is 0. The lowest BCUT2D eigenvalue weighted by Crippen LogP contribution is -2.13. The molecule has 1 heterocycles. The van der Waals surface area contributed by atoms with Crippen molar-refractivity contribution >= 4 is 38.4 Å². The van der Waals surface area contributed by atoms with Gasteiger partial charge < -0.3 is 0 Å². The number of allylic oxidation sites excluding steroid dienone is 1. The molecule has 0 spiro atoms. The Hall–Kier alpha value is -6.71. The van der Waals surface area contributed by atoms with Crippen LogP contribution >= 0.6 is 0 Å². The second-order valence-corrected chi connectivity index (χ2v) is 13.6. The van der Waals surface area contributed by atoms with Gasteiger partial charge in [-0.15, -0.1) is 0 Å². The van der Waals surface area contributed by atoms with E-state index in [9.17, 15) is 0 Å². The van der Waals surface area contributed by atoms with Gasteiger partial charge in [-0.1, -0.05) is 164 Å². The van der Waals surface area contributed by atoms with E-state index in [1.807, 2.05) is 18.2 Å². The Morgan fingerprint density at radius 2 is 0.981 bits per heavy atom. The Morgan fingerprint density at radius 1 is 0.404 bits per heavy atom. The van der Waals surface area contributed by atoms with E-state index in [0.29, 0.717) is 11.6 Å². The molecule has 1 unspecified atom stereocenters. The summed E-state index contributed by atoms with van der Waals surface area (Å²) in [7, 11) is 0. The highest BCUT2D eigenvalue weighted by Gasteiger charge is 2.26. The van der Waals surface area contributed by atoms with Gasteiger partial charge in [0.2, 0.25) is 0 Å². The van der Waals surface area contributed by atoms with Gasteiger partial charge in [0.05, 0.1) is 0 Å². The van der Waals surface area contributed by atoms with E-state index < -0.39 is 0 Å². The van der Waals surface area contributed by atoms with Crippen LogP contribution in [0.3, 0.4) is 0 Å². The van der Waals surface area contributed by atoms with Gasteiger partial charge in [-0.2, -0.15) is 0 Å². The molecule has 1 aliphatic carbocycles. The molecule has 9 aromatic rings. The highest BCUT2D eigenvalue weighted by atomic mass is 15.0. The number of benzene rings is 8. The van der Waals surface area contributed by atoms with E-state index in [2.05, 4.69) is 164 Å². The normalized spacial score (nSPS) is 13.8. The average molecular weight is 664 g/mol. The Labute approximate surface area is 302 Å². The summed E-state index contributed by atoms with van der Waals surface area (Å²) in [5.41, 5.74) is 9.11. The van der Waals surface area contributed by atoms with Crippen LogP contribution in [-0.2, 0) is 0 Å². The molecule has 244 valence electrons. The average Bonchev–Trinajstić information content (AvgIpc) is 3.23. The van der Waals surface area contributed by atoms with E-state index in [-0.39, 0.29) is 5.92 Å². The fourth-order valence-electron chi connectivity index (χ4n) is 7.81. The maximum Gasteiger partial charge on any atom is 0.164 e. The molecule has 1 atom stereocenters. The molecule has 1 aromatic heterocycles. The second kappa shape index (κ2) is 12.6. The summed E-state index contributed by atoms with van der Waals surface area (Å²) in [4.78, 5) is 15.7. The molecular weight excluding hydrogens is 631 g/mol. The maximum absolute atomic E-state index is 5.32. The Balaban J connectivity index is 1.09. The summed E-state index contributed by atoms with van der Waals surface area (Å²) >= 11 is 0. The van der Waals surface area contributed by atoms with E-state index in [1.54, 1.807) is 0 Å². The molecule has 0 saturated heterocycles. The molecule has 3 nitrogen and oxygen atoms in total. The largest absolute Gasteiger partial charge is 0.212 e. The summed E-state index contributed by atoms with van der Waals surface area (Å²) in [6.07, 6.45) is 5.31. The summed E-state index contributed by atoms with van der Waals surface area (Å²) in [5, 5.41) is 7.38. The SMILES string of the molecule is C1=Cc2ccc3ccccc3c2C(c2nc(-c3ccccc3)nc(-c3ccccc3-c3ccc4cc(-c5ccc6ccccc6c5)ccc4c3)n2)C1. The van der Waals surface area contributed by atoms with Gasteiger partial charge >= 0.3 is 0 Å². The Bertz CT molecular complexity index is 2840. The van der Waals surface area contributed by atoms with Gasteiger partial charge in [-0.25, -0.2) is 15.0 Å². The third kappa shape index (κ3) is 5.35. The second-order valence-electron chi connectivity index (χ2n) is 13.6. The van der Waals surface area contributed by atoms with Crippen molar-refractivity contribution in [3.8, 4) is 45.0 Å².